The van der Waals surface area contributed by atoms with Crippen LogP contribution in [-0.4, -0.2) is 18.1 Å². The normalized spacial score (nSPS) is 13.6. The van der Waals surface area contributed by atoms with E-state index in [2.05, 4.69) is 16.4 Å². The van der Waals surface area contributed by atoms with Gasteiger partial charge in [0, 0.05) is 29.1 Å². The van der Waals surface area contributed by atoms with Gasteiger partial charge in [-0.25, -0.2) is 4.98 Å². The number of ether oxygens (including phenoxy) is 1. The molecule has 0 spiro atoms. The summed E-state index contributed by atoms with van der Waals surface area (Å²) >= 11 is 7.45. The highest BCUT2D eigenvalue weighted by molar-refractivity contribution is 7.13. The summed E-state index contributed by atoms with van der Waals surface area (Å²) in [6.07, 6.45) is 2.12. The lowest BCUT2D eigenvalue weighted by atomic mass is 10.1. The zero-order chi connectivity index (χ0) is 13.9. The summed E-state index contributed by atoms with van der Waals surface area (Å²) in [5.74, 6) is 0.880. The third-order valence-corrected chi connectivity index (χ3v) is 3.93. The molecule has 1 aliphatic heterocycles. The van der Waals surface area contributed by atoms with E-state index in [-0.39, 0.29) is 0 Å². The van der Waals surface area contributed by atoms with Gasteiger partial charge in [-0.2, -0.15) is 0 Å². The lowest BCUT2D eigenvalue weighted by molar-refractivity contribution is 0.343. The molecular formula is C14H14ClN3OS. The molecule has 2 heterocycles. The van der Waals surface area contributed by atoms with Crippen molar-refractivity contribution in [3.05, 3.63) is 45.4 Å². The van der Waals surface area contributed by atoms with Crippen LogP contribution in [0.5, 0.6) is 5.75 Å². The van der Waals surface area contributed by atoms with Gasteiger partial charge in [-0.3, -0.25) is 0 Å². The Labute approximate surface area is 126 Å². The van der Waals surface area contributed by atoms with Crippen molar-refractivity contribution >= 4 is 34.1 Å². The molecule has 0 bridgehead atoms. The predicted octanol–water partition coefficient (Wildman–Crippen LogP) is 2.94. The van der Waals surface area contributed by atoms with Crippen LogP contribution in [0.15, 0.2) is 29.2 Å². The Hall–Kier alpha value is -1.56. The molecule has 4 nitrogen and oxygen atoms in total. The van der Waals surface area contributed by atoms with E-state index in [9.17, 15) is 0 Å². The van der Waals surface area contributed by atoms with Crippen LogP contribution in [0, 0.1) is 0 Å². The lowest BCUT2D eigenvalue weighted by Crippen LogP contribution is -2.21. The number of hydrogen-bond acceptors (Lipinski definition) is 5. The molecule has 1 aromatic heterocycles. The highest BCUT2D eigenvalue weighted by Gasteiger charge is 2.11. The van der Waals surface area contributed by atoms with Crippen molar-refractivity contribution in [1.82, 2.24) is 10.3 Å². The van der Waals surface area contributed by atoms with Gasteiger partial charge in [0.1, 0.15) is 12.4 Å². The number of hydrogen-bond donors (Lipinski definition) is 2. The largest absolute Gasteiger partial charge is 0.489 e. The van der Waals surface area contributed by atoms with Crippen LogP contribution in [0.25, 0.3) is 6.08 Å². The standard InChI is InChI=1S/C14H14ClN3OS/c15-11-1-2-13-10(4-11)3-9(7-19-13)5-17-6-12-8-20-14(16)18-12/h1-4,8,17H,5-7H2,(H2,16,18). The van der Waals surface area contributed by atoms with Gasteiger partial charge in [0.15, 0.2) is 5.13 Å². The van der Waals surface area contributed by atoms with E-state index < -0.39 is 0 Å². The smallest absolute Gasteiger partial charge is 0.180 e. The number of aromatic nitrogens is 1. The number of halogens is 1. The molecule has 0 fully saturated rings. The van der Waals surface area contributed by atoms with Gasteiger partial charge in [-0.1, -0.05) is 11.6 Å². The third-order valence-electron chi connectivity index (χ3n) is 2.97. The third kappa shape index (κ3) is 3.12. The minimum Gasteiger partial charge on any atom is -0.489 e. The molecule has 0 unspecified atom stereocenters. The van der Waals surface area contributed by atoms with Crippen molar-refractivity contribution in [3.8, 4) is 5.75 Å². The van der Waals surface area contributed by atoms with Crippen LogP contribution in [-0.2, 0) is 6.54 Å². The average molecular weight is 308 g/mol. The van der Waals surface area contributed by atoms with Gasteiger partial charge in [-0.05, 0) is 29.8 Å². The van der Waals surface area contributed by atoms with Crippen molar-refractivity contribution in [1.29, 1.82) is 0 Å². The number of nitrogens with two attached hydrogens (primary N) is 1. The summed E-state index contributed by atoms with van der Waals surface area (Å²) < 4.78 is 5.70. The fourth-order valence-corrected chi connectivity index (χ4v) is 2.80. The SMILES string of the molecule is Nc1nc(CNCC2=Cc3cc(Cl)ccc3OC2)cs1. The summed E-state index contributed by atoms with van der Waals surface area (Å²) in [5, 5.41) is 6.62. The maximum absolute atomic E-state index is 5.99. The molecule has 2 aromatic rings. The topological polar surface area (TPSA) is 60.2 Å². The molecule has 3 N–H and O–H groups in total. The van der Waals surface area contributed by atoms with Gasteiger partial charge in [0.05, 0.1) is 5.69 Å². The van der Waals surface area contributed by atoms with E-state index in [4.69, 9.17) is 22.1 Å². The summed E-state index contributed by atoms with van der Waals surface area (Å²) in [6.45, 7) is 2.05. The Kier molecular flexibility index (Phi) is 3.91. The van der Waals surface area contributed by atoms with E-state index >= 15 is 0 Å². The molecule has 6 heteroatoms. The monoisotopic (exact) mass is 307 g/mol. The van der Waals surface area contributed by atoms with Gasteiger partial charge >= 0.3 is 0 Å². The van der Waals surface area contributed by atoms with E-state index in [0.717, 1.165) is 28.6 Å². The Morgan fingerprint density at radius 2 is 2.30 bits per heavy atom. The zero-order valence-electron chi connectivity index (χ0n) is 10.7. The predicted molar refractivity (Wildman–Crippen MR) is 83.2 cm³/mol. The summed E-state index contributed by atoms with van der Waals surface area (Å²) in [7, 11) is 0. The number of benzene rings is 1. The number of nitrogens with one attached hydrogen (secondary N) is 1. The summed E-state index contributed by atoms with van der Waals surface area (Å²) in [4.78, 5) is 4.21. The minimum absolute atomic E-state index is 0.598. The second kappa shape index (κ2) is 5.83. The first-order chi connectivity index (χ1) is 9.70. The fraction of sp³-hybridized carbons (Fsp3) is 0.214. The molecule has 1 aliphatic rings. The van der Waals surface area contributed by atoms with Gasteiger partial charge in [0.2, 0.25) is 0 Å². The molecule has 0 saturated carbocycles. The van der Waals surface area contributed by atoms with E-state index in [0.29, 0.717) is 18.3 Å². The number of anilines is 1. The fourth-order valence-electron chi connectivity index (χ4n) is 2.05. The Balaban J connectivity index is 1.61. The van der Waals surface area contributed by atoms with Crippen LogP contribution in [0.4, 0.5) is 5.13 Å². The van der Waals surface area contributed by atoms with Crippen LogP contribution in [0.2, 0.25) is 5.02 Å². The van der Waals surface area contributed by atoms with Crippen LogP contribution >= 0.6 is 22.9 Å². The molecule has 0 amide bonds. The Morgan fingerprint density at radius 1 is 1.40 bits per heavy atom. The number of rotatable bonds is 4. The Morgan fingerprint density at radius 3 is 3.10 bits per heavy atom. The van der Waals surface area contributed by atoms with Crippen LogP contribution in [0.3, 0.4) is 0 Å². The number of thiazole rings is 1. The van der Waals surface area contributed by atoms with E-state index in [1.165, 1.54) is 16.9 Å². The maximum Gasteiger partial charge on any atom is 0.180 e. The Bertz CT molecular complexity index is 654. The zero-order valence-corrected chi connectivity index (χ0v) is 12.3. The molecule has 0 radical (unpaired) electrons. The molecule has 3 rings (SSSR count). The van der Waals surface area contributed by atoms with Gasteiger partial charge in [-0.15, -0.1) is 11.3 Å². The van der Waals surface area contributed by atoms with Crippen LogP contribution < -0.4 is 15.8 Å². The second-order valence-corrected chi connectivity index (χ2v) is 5.88. The molecule has 0 atom stereocenters. The van der Waals surface area contributed by atoms with E-state index in [1.54, 1.807) is 0 Å². The first kappa shape index (κ1) is 13.4. The summed E-state index contributed by atoms with van der Waals surface area (Å²) in [6, 6.07) is 5.65. The number of nitrogen functional groups attached to an aromatic ring is 1. The van der Waals surface area contributed by atoms with Gasteiger partial charge < -0.3 is 15.8 Å². The van der Waals surface area contributed by atoms with Crippen molar-refractivity contribution in [2.24, 2.45) is 0 Å². The molecule has 0 saturated heterocycles. The first-order valence-electron chi connectivity index (χ1n) is 6.23. The molecular weight excluding hydrogens is 294 g/mol. The van der Waals surface area contributed by atoms with Gasteiger partial charge in [0.25, 0.3) is 0 Å². The highest BCUT2D eigenvalue weighted by Crippen LogP contribution is 2.28. The van der Waals surface area contributed by atoms with Crippen molar-refractivity contribution in [3.63, 3.8) is 0 Å². The van der Waals surface area contributed by atoms with Crippen molar-refractivity contribution in [2.45, 2.75) is 6.54 Å². The molecule has 1 aromatic carbocycles. The number of nitrogens with zero attached hydrogens (tertiary/aromatic N) is 1. The highest BCUT2D eigenvalue weighted by atomic mass is 35.5. The van der Waals surface area contributed by atoms with E-state index in [1.807, 2.05) is 23.6 Å². The average Bonchev–Trinajstić information content (AvgIpc) is 2.84. The quantitative estimate of drug-likeness (QED) is 0.912. The molecule has 20 heavy (non-hydrogen) atoms. The van der Waals surface area contributed by atoms with Crippen molar-refractivity contribution in [2.75, 3.05) is 18.9 Å². The number of fused-ring (bicyclic) bond motifs is 1. The summed E-state index contributed by atoms with van der Waals surface area (Å²) in [5.41, 5.74) is 8.77. The molecule has 0 aliphatic carbocycles. The first-order valence-corrected chi connectivity index (χ1v) is 7.49. The minimum atomic E-state index is 0.598. The lowest BCUT2D eigenvalue weighted by Gasteiger charge is -2.18. The maximum atomic E-state index is 5.99. The molecule has 104 valence electrons. The second-order valence-electron chi connectivity index (χ2n) is 4.55. The van der Waals surface area contributed by atoms with Crippen LogP contribution in [0.1, 0.15) is 11.3 Å². The van der Waals surface area contributed by atoms with Crippen molar-refractivity contribution < 1.29 is 4.74 Å².